The predicted octanol–water partition coefficient (Wildman–Crippen LogP) is 5.76. The van der Waals surface area contributed by atoms with Crippen LogP contribution in [0.4, 0.5) is 23.1 Å². The van der Waals surface area contributed by atoms with Crippen LogP contribution < -0.4 is 20.1 Å². The van der Waals surface area contributed by atoms with E-state index >= 15 is 0 Å². The molecule has 0 fully saturated rings. The third kappa shape index (κ3) is 4.46. The van der Waals surface area contributed by atoms with E-state index in [2.05, 4.69) is 40.5 Å². The summed E-state index contributed by atoms with van der Waals surface area (Å²) in [4.78, 5) is 8.85. The molecule has 0 amide bonds. The molecule has 7 heteroatoms. The number of anilines is 4. The molecule has 0 aliphatic heterocycles. The second-order valence-corrected chi connectivity index (χ2v) is 6.85. The predicted molar refractivity (Wildman–Crippen MR) is 114 cm³/mol. The fourth-order valence-corrected chi connectivity index (χ4v) is 3.05. The van der Waals surface area contributed by atoms with E-state index in [9.17, 15) is 0 Å². The highest BCUT2D eigenvalue weighted by Crippen LogP contribution is 2.37. The Bertz CT molecular complexity index is 963. The molecule has 2 N–H and O–H groups in total. The summed E-state index contributed by atoms with van der Waals surface area (Å²) < 4.78 is 10.7. The van der Waals surface area contributed by atoms with E-state index in [0.29, 0.717) is 39.9 Å². The normalized spacial score (nSPS) is 10.6. The van der Waals surface area contributed by atoms with E-state index < -0.39 is 0 Å². The summed E-state index contributed by atoms with van der Waals surface area (Å²) in [7, 11) is 3.13. The highest BCUT2D eigenvalue weighted by molar-refractivity contribution is 6.32. The number of hydrogen-bond donors (Lipinski definition) is 2. The van der Waals surface area contributed by atoms with E-state index in [0.717, 1.165) is 5.69 Å². The van der Waals surface area contributed by atoms with Crippen molar-refractivity contribution in [2.75, 3.05) is 24.9 Å². The fourth-order valence-electron chi connectivity index (χ4n) is 2.82. The van der Waals surface area contributed by atoms with Crippen LogP contribution in [0.3, 0.4) is 0 Å². The minimum Gasteiger partial charge on any atom is -0.495 e. The van der Waals surface area contributed by atoms with E-state index in [1.807, 2.05) is 24.3 Å². The first kappa shape index (κ1) is 19.8. The molecule has 2 aromatic carbocycles. The Hall–Kier alpha value is -2.99. The molecule has 0 radical (unpaired) electrons. The van der Waals surface area contributed by atoms with Gasteiger partial charge in [0.2, 0.25) is 5.95 Å². The number of nitrogens with one attached hydrogen (secondary N) is 2. The Balaban J connectivity index is 1.87. The topological polar surface area (TPSA) is 68.3 Å². The van der Waals surface area contributed by atoms with Gasteiger partial charge in [-0.05, 0) is 23.6 Å². The maximum absolute atomic E-state index is 6.17. The standard InChI is InChI=1S/C21H23ClN4O2/c1-13(2)14-7-5-6-8-16(14)24-20-9-10-23-21(26-20)25-17-12-18(27-3)15(22)11-19(17)28-4/h5-13H,1-4H3,(H2,23,24,25,26). The summed E-state index contributed by atoms with van der Waals surface area (Å²) in [6.45, 7) is 4.32. The van der Waals surface area contributed by atoms with Crippen molar-refractivity contribution in [1.82, 2.24) is 9.97 Å². The summed E-state index contributed by atoms with van der Waals surface area (Å²) in [6.07, 6.45) is 1.69. The fraction of sp³-hybridized carbons (Fsp3) is 0.238. The van der Waals surface area contributed by atoms with Gasteiger partial charge in [-0.25, -0.2) is 4.98 Å². The second-order valence-electron chi connectivity index (χ2n) is 6.44. The number of hydrogen-bond acceptors (Lipinski definition) is 6. The first-order chi connectivity index (χ1) is 13.5. The summed E-state index contributed by atoms with van der Waals surface area (Å²) in [5.74, 6) is 2.61. The van der Waals surface area contributed by atoms with Gasteiger partial charge in [-0.1, -0.05) is 43.6 Å². The minimum absolute atomic E-state index is 0.397. The molecule has 0 bridgehead atoms. The third-order valence-electron chi connectivity index (χ3n) is 4.22. The average Bonchev–Trinajstić information content (AvgIpc) is 2.69. The Morgan fingerprint density at radius 1 is 0.929 bits per heavy atom. The van der Waals surface area contributed by atoms with Gasteiger partial charge in [0.05, 0.1) is 24.9 Å². The quantitative estimate of drug-likeness (QED) is 0.527. The smallest absolute Gasteiger partial charge is 0.229 e. The van der Waals surface area contributed by atoms with Gasteiger partial charge in [0.1, 0.15) is 17.3 Å². The minimum atomic E-state index is 0.397. The van der Waals surface area contributed by atoms with Gasteiger partial charge in [-0.15, -0.1) is 0 Å². The third-order valence-corrected chi connectivity index (χ3v) is 4.52. The molecular formula is C21H23ClN4O2. The Morgan fingerprint density at radius 2 is 1.68 bits per heavy atom. The first-order valence-corrected chi connectivity index (χ1v) is 9.27. The molecule has 3 aromatic rings. The van der Waals surface area contributed by atoms with Gasteiger partial charge in [0.15, 0.2) is 0 Å². The van der Waals surface area contributed by atoms with Gasteiger partial charge < -0.3 is 20.1 Å². The van der Waals surface area contributed by atoms with E-state index in [1.165, 1.54) is 5.56 Å². The zero-order chi connectivity index (χ0) is 20.1. The summed E-state index contributed by atoms with van der Waals surface area (Å²) in [5, 5.41) is 7.00. The average molecular weight is 399 g/mol. The van der Waals surface area contributed by atoms with Crippen molar-refractivity contribution in [2.45, 2.75) is 19.8 Å². The molecule has 0 saturated heterocycles. The van der Waals surface area contributed by atoms with Crippen molar-refractivity contribution in [3.05, 3.63) is 59.2 Å². The zero-order valence-corrected chi connectivity index (χ0v) is 17.0. The number of rotatable bonds is 7. The first-order valence-electron chi connectivity index (χ1n) is 8.89. The van der Waals surface area contributed by atoms with Gasteiger partial charge in [0, 0.05) is 24.0 Å². The SMILES string of the molecule is COc1cc(Nc2nccc(Nc3ccccc3C(C)C)n2)c(OC)cc1Cl. The molecule has 0 atom stereocenters. The van der Waals surface area contributed by atoms with Crippen molar-refractivity contribution < 1.29 is 9.47 Å². The Kier molecular flexibility index (Phi) is 6.21. The number of halogens is 1. The lowest BCUT2D eigenvalue weighted by Crippen LogP contribution is -2.03. The molecule has 0 spiro atoms. The van der Waals surface area contributed by atoms with Crippen molar-refractivity contribution in [3.8, 4) is 11.5 Å². The molecule has 0 saturated carbocycles. The molecule has 0 aliphatic carbocycles. The number of nitrogens with zero attached hydrogens (tertiary/aromatic N) is 2. The van der Waals surface area contributed by atoms with Crippen LogP contribution in [0.15, 0.2) is 48.7 Å². The summed E-state index contributed by atoms with van der Waals surface area (Å²) >= 11 is 6.17. The van der Waals surface area contributed by atoms with Crippen LogP contribution in [0.2, 0.25) is 5.02 Å². The van der Waals surface area contributed by atoms with Gasteiger partial charge in [-0.2, -0.15) is 4.98 Å². The van der Waals surface area contributed by atoms with Crippen LogP contribution in [0, 0.1) is 0 Å². The summed E-state index contributed by atoms with van der Waals surface area (Å²) in [6, 6.07) is 13.4. The highest BCUT2D eigenvalue weighted by Gasteiger charge is 2.12. The molecule has 28 heavy (non-hydrogen) atoms. The molecule has 0 unspecified atom stereocenters. The van der Waals surface area contributed by atoms with Crippen LogP contribution in [0.25, 0.3) is 0 Å². The molecule has 0 aliphatic rings. The number of para-hydroxylation sites is 1. The van der Waals surface area contributed by atoms with Crippen molar-refractivity contribution in [3.63, 3.8) is 0 Å². The van der Waals surface area contributed by atoms with Crippen LogP contribution in [-0.2, 0) is 0 Å². The number of ether oxygens (including phenoxy) is 2. The van der Waals surface area contributed by atoms with Gasteiger partial charge in [0.25, 0.3) is 0 Å². The molecule has 1 aromatic heterocycles. The van der Waals surface area contributed by atoms with Crippen molar-refractivity contribution in [2.24, 2.45) is 0 Å². The molecule has 6 nitrogen and oxygen atoms in total. The van der Waals surface area contributed by atoms with Gasteiger partial charge in [-0.3, -0.25) is 0 Å². The number of aromatic nitrogens is 2. The number of methoxy groups -OCH3 is 2. The molecule has 146 valence electrons. The maximum atomic E-state index is 6.17. The van der Waals surface area contributed by atoms with E-state index in [-0.39, 0.29) is 0 Å². The van der Waals surface area contributed by atoms with Gasteiger partial charge >= 0.3 is 0 Å². The van der Waals surface area contributed by atoms with Crippen LogP contribution >= 0.6 is 11.6 Å². The lowest BCUT2D eigenvalue weighted by molar-refractivity contribution is 0.405. The largest absolute Gasteiger partial charge is 0.495 e. The second kappa shape index (κ2) is 8.80. The maximum Gasteiger partial charge on any atom is 0.229 e. The summed E-state index contributed by atoms with van der Waals surface area (Å²) in [5.41, 5.74) is 2.90. The highest BCUT2D eigenvalue weighted by atomic mass is 35.5. The molecule has 1 heterocycles. The van der Waals surface area contributed by atoms with Crippen molar-refractivity contribution >= 4 is 34.7 Å². The van der Waals surface area contributed by atoms with Crippen LogP contribution in [0.1, 0.15) is 25.3 Å². The number of benzene rings is 2. The van der Waals surface area contributed by atoms with Crippen LogP contribution in [-0.4, -0.2) is 24.2 Å². The lowest BCUT2D eigenvalue weighted by Gasteiger charge is -2.15. The monoisotopic (exact) mass is 398 g/mol. The van der Waals surface area contributed by atoms with E-state index in [4.69, 9.17) is 21.1 Å². The lowest BCUT2D eigenvalue weighted by atomic mass is 10.0. The van der Waals surface area contributed by atoms with Crippen LogP contribution in [0.5, 0.6) is 11.5 Å². The van der Waals surface area contributed by atoms with Crippen molar-refractivity contribution in [1.29, 1.82) is 0 Å². The zero-order valence-electron chi connectivity index (χ0n) is 16.3. The Morgan fingerprint density at radius 3 is 2.39 bits per heavy atom. The molecular weight excluding hydrogens is 376 g/mol. The Labute approximate surface area is 169 Å². The molecule has 3 rings (SSSR count). The van der Waals surface area contributed by atoms with E-state index in [1.54, 1.807) is 32.5 Å².